The minimum atomic E-state index is -4.96. The molecule has 0 aliphatic heterocycles. The van der Waals surface area contributed by atoms with Crippen molar-refractivity contribution in [3.8, 4) is 0 Å². The van der Waals surface area contributed by atoms with Crippen LogP contribution in [0.15, 0.2) is 0 Å². The van der Waals surface area contributed by atoms with Crippen LogP contribution < -0.4 is 0 Å². The highest BCUT2D eigenvalue weighted by Gasteiger charge is 2.30. The van der Waals surface area contributed by atoms with Crippen LogP contribution in [0.3, 0.4) is 0 Å². The number of ether oxygens (including phenoxy) is 4. The number of hydrogen-bond acceptors (Lipinski definition) is 15. The molecule has 4 unspecified atom stereocenters. The van der Waals surface area contributed by atoms with Crippen LogP contribution in [0.1, 0.15) is 415 Å². The summed E-state index contributed by atoms with van der Waals surface area (Å²) in [5.41, 5.74) is 0. The average molecular weight is 1470 g/mol. The van der Waals surface area contributed by atoms with E-state index in [1.165, 1.54) is 218 Å². The maximum absolute atomic E-state index is 13.1. The van der Waals surface area contributed by atoms with Crippen molar-refractivity contribution >= 4 is 39.5 Å². The third kappa shape index (κ3) is 73.0. The van der Waals surface area contributed by atoms with Gasteiger partial charge in [0.05, 0.1) is 26.4 Å². The highest BCUT2D eigenvalue weighted by atomic mass is 31.2. The van der Waals surface area contributed by atoms with Crippen LogP contribution in [0.25, 0.3) is 0 Å². The molecule has 0 radical (unpaired) electrons. The van der Waals surface area contributed by atoms with Gasteiger partial charge >= 0.3 is 39.5 Å². The van der Waals surface area contributed by atoms with E-state index in [2.05, 4.69) is 55.4 Å². The van der Waals surface area contributed by atoms with Crippen LogP contribution in [0.4, 0.5) is 0 Å². The standard InChI is InChI=1S/C81H158O17P2/c1-9-74(8)60-52-44-36-27-23-19-16-17-21-25-29-39-47-55-63-80(85)97-76(67-91-78(83)61-53-45-37-28-24-20-15-13-11-10-12-14-18-22-26-33-41-49-57-71(2)3)69-95-99(87,88)93-65-75(82)66-94-100(89,90)96-70-77(98-81(86)64-56-48-40-32-35-43-51-59-73(6)7)68-92-79(84)62-54-46-38-31-30-34-42-50-58-72(4)5/h71-77,82H,9-70H2,1-8H3,(H,87,88)(H,89,90)/t74?,75?,76-,77-/m1/s1. The number of carbonyl (C=O) groups excluding carboxylic acids is 4. The van der Waals surface area contributed by atoms with Crippen molar-refractivity contribution < 1.29 is 80.2 Å². The van der Waals surface area contributed by atoms with Crippen molar-refractivity contribution in [2.75, 3.05) is 39.6 Å². The van der Waals surface area contributed by atoms with Gasteiger partial charge in [0.2, 0.25) is 0 Å². The van der Waals surface area contributed by atoms with Crippen LogP contribution in [0.2, 0.25) is 0 Å². The van der Waals surface area contributed by atoms with Gasteiger partial charge in [0.15, 0.2) is 12.2 Å². The maximum atomic E-state index is 13.1. The van der Waals surface area contributed by atoms with Gasteiger partial charge in [0.25, 0.3) is 0 Å². The Labute approximate surface area is 613 Å². The molecule has 6 atom stereocenters. The van der Waals surface area contributed by atoms with E-state index in [0.717, 1.165) is 108 Å². The Morgan fingerprint density at radius 3 is 0.710 bits per heavy atom. The average Bonchev–Trinajstić information content (AvgIpc) is 0.919. The van der Waals surface area contributed by atoms with Crippen molar-refractivity contribution in [1.82, 2.24) is 0 Å². The first-order valence-corrected chi connectivity index (χ1v) is 44.7. The second-order valence-electron chi connectivity index (χ2n) is 30.8. The number of esters is 4. The van der Waals surface area contributed by atoms with Crippen molar-refractivity contribution in [2.45, 2.75) is 433 Å². The third-order valence-corrected chi connectivity index (χ3v) is 21.1. The fraction of sp³-hybridized carbons (Fsp3) is 0.951. The molecular weight excluding hydrogens is 1310 g/mol. The van der Waals surface area contributed by atoms with Crippen molar-refractivity contribution in [3.63, 3.8) is 0 Å². The SMILES string of the molecule is CCC(C)CCCCCCCCCCCCCCCCC(=O)O[C@H](COC(=O)CCCCCCCCCCCCCCCCCCCCC(C)C)COP(=O)(O)OCC(O)COP(=O)(O)OC[C@@H](COC(=O)CCCCCCCCCCC(C)C)OC(=O)CCCCCCCCCC(C)C. The van der Waals surface area contributed by atoms with E-state index < -0.39 is 97.5 Å². The lowest BCUT2D eigenvalue weighted by Crippen LogP contribution is -2.30. The van der Waals surface area contributed by atoms with E-state index in [0.29, 0.717) is 31.6 Å². The number of unbranched alkanes of at least 4 members (excludes halogenated alkanes) is 43. The summed E-state index contributed by atoms with van der Waals surface area (Å²) in [6.45, 7) is 14.2. The van der Waals surface area contributed by atoms with Gasteiger partial charge in [-0.05, 0) is 49.4 Å². The number of aliphatic hydroxyl groups is 1. The minimum Gasteiger partial charge on any atom is -0.462 e. The molecule has 0 spiro atoms. The van der Waals surface area contributed by atoms with E-state index in [-0.39, 0.29) is 25.7 Å². The van der Waals surface area contributed by atoms with Crippen LogP contribution in [-0.2, 0) is 65.4 Å². The van der Waals surface area contributed by atoms with Crippen molar-refractivity contribution in [1.29, 1.82) is 0 Å². The summed E-state index contributed by atoms with van der Waals surface area (Å²) in [6, 6.07) is 0. The Morgan fingerprint density at radius 1 is 0.280 bits per heavy atom. The Kier molecular flexibility index (Phi) is 68.7. The molecule has 3 N–H and O–H groups in total. The van der Waals surface area contributed by atoms with E-state index in [1.807, 2.05) is 0 Å². The molecule has 17 nitrogen and oxygen atoms in total. The zero-order valence-corrected chi connectivity index (χ0v) is 67.6. The van der Waals surface area contributed by atoms with Crippen LogP contribution in [0.5, 0.6) is 0 Å². The predicted octanol–water partition coefficient (Wildman–Crippen LogP) is 24.0. The molecule has 0 aromatic carbocycles. The van der Waals surface area contributed by atoms with Gasteiger partial charge < -0.3 is 33.8 Å². The molecule has 0 saturated heterocycles. The first kappa shape index (κ1) is 98.1. The fourth-order valence-corrected chi connectivity index (χ4v) is 14.0. The topological polar surface area (TPSA) is 237 Å². The minimum absolute atomic E-state index is 0.103. The molecule has 0 aromatic heterocycles. The Bertz CT molecular complexity index is 1960. The number of carbonyl (C=O) groups is 4. The second kappa shape index (κ2) is 70.1. The Hall–Kier alpha value is -1.94. The summed E-state index contributed by atoms with van der Waals surface area (Å²) in [4.78, 5) is 72.9. The molecule has 0 aliphatic carbocycles. The predicted molar refractivity (Wildman–Crippen MR) is 409 cm³/mol. The number of aliphatic hydroxyl groups excluding tert-OH is 1. The summed E-state index contributed by atoms with van der Waals surface area (Å²) in [5, 5.41) is 10.6. The summed E-state index contributed by atoms with van der Waals surface area (Å²) < 4.78 is 68.6. The van der Waals surface area contributed by atoms with Crippen LogP contribution in [-0.4, -0.2) is 96.7 Å². The molecule has 0 rings (SSSR count). The second-order valence-corrected chi connectivity index (χ2v) is 33.7. The zero-order chi connectivity index (χ0) is 73.8. The number of phosphoric acid groups is 2. The van der Waals surface area contributed by atoms with Crippen molar-refractivity contribution in [3.05, 3.63) is 0 Å². The monoisotopic (exact) mass is 1470 g/mol. The zero-order valence-electron chi connectivity index (χ0n) is 65.8. The van der Waals surface area contributed by atoms with Gasteiger partial charge in [-0.15, -0.1) is 0 Å². The lowest BCUT2D eigenvalue weighted by Gasteiger charge is -2.21. The van der Waals surface area contributed by atoms with E-state index in [4.69, 9.17) is 37.0 Å². The highest BCUT2D eigenvalue weighted by Crippen LogP contribution is 2.45. The summed E-state index contributed by atoms with van der Waals surface area (Å²) in [7, 11) is -9.92. The Balaban J connectivity index is 5.20. The smallest absolute Gasteiger partial charge is 0.462 e. The molecule has 0 aromatic rings. The maximum Gasteiger partial charge on any atom is 0.472 e. The largest absolute Gasteiger partial charge is 0.472 e. The van der Waals surface area contributed by atoms with Gasteiger partial charge in [-0.25, -0.2) is 9.13 Å². The number of hydrogen-bond donors (Lipinski definition) is 3. The number of rotatable bonds is 78. The van der Waals surface area contributed by atoms with Crippen LogP contribution in [0, 0.1) is 23.7 Å². The summed E-state index contributed by atoms with van der Waals surface area (Å²) in [6.07, 6.45) is 57.1. The van der Waals surface area contributed by atoms with Gasteiger partial charge in [0, 0.05) is 25.7 Å². The molecule has 0 aliphatic rings. The van der Waals surface area contributed by atoms with E-state index >= 15 is 0 Å². The van der Waals surface area contributed by atoms with E-state index in [1.54, 1.807) is 0 Å². The van der Waals surface area contributed by atoms with Gasteiger partial charge in [0.1, 0.15) is 19.3 Å². The van der Waals surface area contributed by atoms with Crippen molar-refractivity contribution in [2.24, 2.45) is 23.7 Å². The highest BCUT2D eigenvalue weighted by molar-refractivity contribution is 7.47. The fourth-order valence-electron chi connectivity index (χ4n) is 12.4. The molecular formula is C81H158O17P2. The van der Waals surface area contributed by atoms with Gasteiger partial charge in [-0.2, -0.15) is 0 Å². The molecule has 0 amide bonds. The quantitative estimate of drug-likeness (QED) is 0.0222. The molecule has 100 heavy (non-hydrogen) atoms. The first-order chi connectivity index (χ1) is 48.1. The van der Waals surface area contributed by atoms with Crippen LogP contribution >= 0.6 is 15.6 Å². The Morgan fingerprint density at radius 2 is 0.480 bits per heavy atom. The lowest BCUT2D eigenvalue weighted by atomic mass is 9.99. The lowest BCUT2D eigenvalue weighted by molar-refractivity contribution is -0.161. The number of phosphoric ester groups is 2. The molecule has 19 heteroatoms. The van der Waals surface area contributed by atoms with E-state index in [9.17, 15) is 43.2 Å². The van der Waals surface area contributed by atoms with Gasteiger partial charge in [-0.1, -0.05) is 364 Å². The molecule has 0 saturated carbocycles. The molecule has 0 heterocycles. The van der Waals surface area contributed by atoms with Gasteiger partial charge in [-0.3, -0.25) is 37.3 Å². The summed E-state index contributed by atoms with van der Waals surface area (Å²) >= 11 is 0. The normalized spacial score (nSPS) is 14.3. The first-order valence-electron chi connectivity index (χ1n) is 41.7. The molecule has 0 bridgehead atoms. The molecule has 594 valence electrons. The summed E-state index contributed by atoms with van der Waals surface area (Å²) in [5.74, 6) is 0.973. The third-order valence-electron chi connectivity index (χ3n) is 19.2. The molecule has 0 fully saturated rings.